The molecule has 0 aromatic heterocycles. The molecule has 0 atom stereocenters. The second kappa shape index (κ2) is 2.23. The van der Waals surface area contributed by atoms with Gasteiger partial charge in [0.25, 0.3) is 0 Å². The smallest absolute Gasteiger partial charge is 0.0597 e. The number of allylic oxidation sites excluding steroid dienone is 1. The Morgan fingerprint density at radius 1 is 1.50 bits per heavy atom. The van der Waals surface area contributed by atoms with Crippen molar-refractivity contribution in [3.05, 3.63) is 12.3 Å². The van der Waals surface area contributed by atoms with E-state index in [2.05, 4.69) is 9.00 Å². The Morgan fingerprint density at radius 3 is 2.67 bits per heavy atom. The minimum absolute atomic E-state index is 0.211. The van der Waals surface area contributed by atoms with Gasteiger partial charge in [0.2, 0.25) is 0 Å². The molecule has 0 radical (unpaired) electrons. The van der Waals surface area contributed by atoms with Crippen LogP contribution in [0.2, 0.25) is 0 Å². The molecule has 0 bridgehead atoms. The normalized spacial score (nSPS) is 17.3. The zero-order valence-corrected chi connectivity index (χ0v) is 5.29. The van der Waals surface area contributed by atoms with Crippen LogP contribution < -0.4 is 0 Å². The van der Waals surface area contributed by atoms with Crippen molar-refractivity contribution in [2.75, 3.05) is 0 Å². The lowest BCUT2D eigenvalue weighted by Crippen LogP contribution is -1.62. The van der Waals surface area contributed by atoms with Crippen LogP contribution in [0.4, 0.5) is 0 Å². The first-order chi connectivity index (χ1) is 3.00. The number of rotatable bonds is 0. The zero-order valence-electron chi connectivity index (χ0n) is 3.13. The summed E-state index contributed by atoms with van der Waals surface area (Å²) >= 11 is 0.211. The van der Waals surface area contributed by atoms with Crippen molar-refractivity contribution in [2.45, 2.75) is 0 Å². The monoisotopic (exact) mass is 193 g/mol. The van der Waals surface area contributed by atoms with E-state index in [1.807, 2.05) is 16.5 Å². The van der Waals surface area contributed by atoms with Crippen molar-refractivity contribution in [1.82, 2.24) is 0 Å². The molecule has 1 aliphatic rings. The molecular formula is C4H4IN. The lowest BCUT2D eigenvalue weighted by Gasteiger charge is -1.76. The molecule has 0 saturated heterocycles. The SMILES string of the molecule is C1=CN=CI=C1. The molecule has 2 heteroatoms. The van der Waals surface area contributed by atoms with Crippen molar-refractivity contribution < 1.29 is 0 Å². The third-order valence-corrected chi connectivity index (χ3v) is 1.90. The van der Waals surface area contributed by atoms with Gasteiger partial charge in [-0.2, -0.15) is 0 Å². The summed E-state index contributed by atoms with van der Waals surface area (Å²) in [5, 5.41) is 0. The van der Waals surface area contributed by atoms with Crippen LogP contribution in [0.5, 0.6) is 0 Å². The average molecular weight is 193 g/mol. The molecule has 1 rings (SSSR count). The van der Waals surface area contributed by atoms with Crippen molar-refractivity contribution in [3.63, 3.8) is 0 Å². The number of hydrogen-bond acceptors (Lipinski definition) is 1. The van der Waals surface area contributed by atoms with Crippen LogP contribution in [0.3, 0.4) is 0 Å². The van der Waals surface area contributed by atoms with Gasteiger partial charge < -0.3 is 0 Å². The maximum atomic E-state index is 3.89. The van der Waals surface area contributed by atoms with Gasteiger partial charge in [0, 0.05) is 6.20 Å². The van der Waals surface area contributed by atoms with E-state index >= 15 is 0 Å². The van der Waals surface area contributed by atoms with E-state index < -0.39 is 0 Å². The second-order valence-corrected chi connectivity index (χ2v) is 2.84. The van der Waals surface area contributed by atoms with Crippen molar-refractivity contribution in [2.24, 2.45) is 4.99 Å². The van der Waals surface area contributed by atoms with Crippen LogP contribution in [0, 0.1) is 0 Å². The molecule has 0 aromatic rings. The highest BCUT2D eigenvalue weighted by molar-refractivity contribution is 14.2. The Labute approximate surface area is 46.5 Å². The van der Waals surface area contributed by atoms with Crippen LogP contribution in [0.15, 0.2) is 17.3 Å². The standard InChI is InChI=1S/C4H4IN/c1-2-5-4-6-3-1/h1-4H. The molecule has 1 heterocycles. The predicted octanol–water partition coefficient (Wildman–Crippen LogP) is 1.31. The van der Waals surface area contributed by atoms with Crippen molar-refractivity contribution >= 4 is 29.0 Å². The van der Waals surface area contributed by atoms with E-state index in [-0.39, 0.29) is 20.7 Å². The molecule has 0 aliphatic carbocycles. The van der Waals surface area contributed by atoms with Crippen LogP contribution in [0.25, 0.3) is 0 Å². The number of hydrogen-bond donors (Lipinski definition) is 0. The molecule has 32 valence electrons. The van der Waals surface area contributed by atoms with E-state index in [0.717, 1.165) is 0 Å². The first-order valence-electron chi connectivity index (χ1n) is 1.62. The first-order valence-corrected chi connectivity index (χ1v) is 4.11. The van der Waals surface area contributed by atoms with Crippen LogP contribution in [-0.4, -0.2) is 8.23 Å². The molecule has 0 N–H and O–H groups in total. The molecule has 6 heavy (non-hydrogen) atoms. The van der Waals surface area contributed by atoms with Crippen LogP contribution in [-0.2, 0) is 0 Å². The summed E-state index contributed by atoms with van der Waals surface area (Å²) in [7, 11) is 0. The Kier molecular flexibility index (Phi) is 1.55. The average Bonchev–Trinajstić information content (AvgIpc) is 1.72. The lowest BCUT2D eigenvalue weighted by atomic mass is 10.7. The molecule has 0 amide bonds. The Balaban J connectivity index is 2.77. The van der Waals surface area contributed by atoms with Gasteiger partial charge in [-0.15, -0.1) is 0 Å². The minimum atomic E-state index is 0.211. The molecule has 0 aromatic carbocycles. The maximum Gasteiger partial charge on any atom is 0.0597 e. The first kappa shape index (κ1) is 4.18. The topological polar surface area (TPSA) is 12.4 Å². The summed E-state index contributed by atoms with van der Waals surface area (Å²) in [5.74, 6) is 0. The van der Waals surface area contributed by atoms with Gasteiger partial charge >= 0.3 is 0 Å². The van der Waals surface area contributed by atoms with Gasteiger partial charge in [-0.1, -0.05) is 20.7 Å². The van der Waals surface area contributed by atoms with Gasteiger partial charge in [-0.05, 0) is 10.1 Å². The summed E-state index contributed by atoms with van der Waals surface area (Å²) < 4.78 is 4.16. The number of nitrogens with zero attached hydrogens (tertiary/aromatic N) is 1. The highest BCUT2D eigenvalue weighted by Gasteiger charge is 1.66. The Hall–Kier alpha value is 0.01000. The second-order valence-electron chi connectivity index (χ2n) is 0.840. The summed E-state index contributed by atoms with van der Waals surface area (Å²) in [4.78, 5) is 3.89. The highest BCUT2D eigenvalue weighted by Crippen LogP contribution is 1.92. The van der Waals surface area contributed by atoms with Gasteiger partial charge in [0.15, 0.2) is 0 Å². The maximum absolute atomic E-state index is 3.89. The summed E-state index contributed by atoms with van der Waals surface area (Å²) in [6.07, 6.45) is 3.80. The third kappa shape index (κ3) is 1.01. The molecule has 1 aliphatic heterocycles. The molecule has 1 nitrogen and oxygen atoms in total. The molecule has 0 unspecified atom stereocenters. The van der Waals surface area contributed by atoms with Crippen molar-refractivity contribution in [1.29, 1.82) is 0 Å². The summed E-state index contributed by atoms with van der Waals surface area (Å²) in [5.41, 5.74) is 0. The van der Waals surface area contributed by atoms with Gasteiger partial charge in [0.05, 0.1) is 4.22 Å². The Morgan fingerprint density at radius 2 is 2.50 bits per heavy atom. The van der Waals surface area contributed by atoms with Gasteiger partial charge in [0.1, 0.15) is 0 Å². The van der Waals surface area contributed by atoms with E-state index in [0.29, 0.717) is 0 Å². The lowest BCUT2D eigenvalue weighted by molar-refractivity contribution is 1.63. The molecule has 0 fully saturated rings. The van der Waals surface area contributed by atoms with Crippen molar-refractivity contribution in [3.8, 4) is 0 Å². The van der Waals surface area contributed by atoms with E-state index in [4.69, 9.17) is 0 Å². The molecule has 0 saturated carbocycles. The summed E-state index contributed by atoms with van der Waals surface area (Å²) in [6, 6.07) is 0. The van der Waals surface area contributed by atoms with Crippen LogP contribution >= 0.6 is 20.7 Å². The molecule has 0 spiro atoms. The van der Waals surface area contributed by atoms with E-state index in [1.165, 1.54) is 0 Å². The fraction of sp³-hybridized carbons (Fsp3) is 0. The number of halogens is 1. The Bertz CT molecular complexity index is 76.9. The molecular weight excluding hydrogens is 189 g/mol. The predicted molar refractivity (Wildman–Crippen MR) is 37.7 cm³/mol. The third-order valence-electron chi connectivity index (χ3n) is 0.430. The van der Waals surface area contributed by atoms with E-state index in [9.17, 15) is 0 Å². The van der Waals surface area contributed by atoms with E-state index in [1.54, 1.807) is 0 Å². The minimum Gasteiger partial charge on any atom is -0.259 e. The van der Waals surface area contributed by atoms with Gasteiger partial charge in [-0.25, -0.2) is 0 Å². The highest BCUT2D eigenvalue weighted by atomic mass is 127. The quantitative estimate of drug-likeness (QED) is 0.514. The fourth-order valence-corrected chi connectivity index (χ4v) is 1.20. The van der Waals surface area contributed by atoms with Crippen LogP contribution in [0.1, 0.15) is 0 Å². The summed E-state index contributed by atoms with van der Waals surface area (Å²) in [6.45, 7) is 0. The number of aliphatic imine (C=N–C) groups is 1. The largest absolute Gasteiger partial charge is 0.259 e. The van der Waals surface area contributed by atoms with Gasteiger partial charge in [-0.3, -0.25) is 4.99 Å². The fourth-order valence-electron chi connectivity index (χ4n) is 0.222. The zero-order chi connectivity index (χ0) is 4.24.